The van der Waals surface area contributed by atoms with E-state index in [1.165, 1.54) is 74.2 Å². The molecule has 9 aliphatic heterocycles. The molecule has 0 bridgehead atoms. The van der Waals surface area contributed by atoms with Gasteiger partial charge in [-0.25, -0.2) is 24.0 Å². The van der Waals surface area contributed by atoms with Crippen LogP contribution < -0.4 is 56.8 Å². The van der Waals surface area contributed by atoms with Gasteiger partial charge in [0.15, 0.2) is 54.3 Å². The number of nitrogens with two attached hydrogens (primary N) is 3. The van der Waals surface area contributed by atoms with Crippen LogP contribution in [0.2, 0.25) is 0 Å². The highest BCUT2D eigenvalue weighted by molar-refractivity contribution is 6.19. The summed E-state index contributed by atoms with van der Waals surface area (Å²) in [7, 11) is 0. The molecule has 664 valence electrons. The fourth-order valence-electron chi connectivity index (χ4n) is 20.1. The zero-order chi connectivity index (χ0) is 86.6. The van der Waals surface area contributed by atoms with Gasteiger partial charge in [-0.15, -0.1) is 58.0 Å². The maximum absolute atomic E-state index is 12.4. The van der Waals surface area contributed by atoms with Crippen molar-refractivity contribution in [3.05, 3.63) is 134 Å². The first-order valence-corrected chi connectivity index (χ1v) is 43.1. The fraction of sp³-hybridized carbons (Fsp3) is 0.740. The normalized spacial score (nSPS) is 38.8. The molecule has 38 nitrogen and oxygen atoms in total. The minimum Gasteiger partial charge on any atom is -0.393 e. The Hall–Kier alpha value is -5.87. The van der Waals surface area contributed by atoms with E-state index in [0.717, 1.165) is 107 Å². The van der Waals surface area contributed by atoms with E-state index in [1.54, 1.807) is 19.2 Å². The number of nitrogen functional groups attached to an aromatic ring is 3. The van der Waals surface area contributed by atoms with Crippen molar-refractivity contribution in [3.8, 4) is 0 Å². The van der Waals surface area contributed by atoms with Crippen molar-refractivity contribution in [3.63, 3.8) is 0 Å². The van der Waals surface area contributed by atoms with Gasteiger partial charge in [0.05, 0.1) is 49.2 Å². The van der Waals surface area contributed by atoms with Crippen LogP contribution in [0.15, 0.2) is 94.9 Å². The molecule has 4 spiro atoms. The van der Waals surface area contributed by atoms with E-state index in [4.69, 9.17) is 137 Å². The third kappa shape index (κ3) is 15.0. The van der Waals surface area contributed by atoms with Gasteiger partial charge in [-0.1, -0.05) is 13.8 Å². The number of rotatable bonds is 15. The average molecular weight is 1790 g/mol. The Bertz CT molecular complexity index is 4740. The van der Waals surface area contributed by atoms with E-state index in [0.29, 0.717) is 12.8 Å². The molecule has 4 aliphatic carbocycles. The van der Waals surface area contributed by atoms with Crippen molar-refractivity contribution >= 4 is 75.5 Å². The molecule has 120 heavy (non-hydrogen) atoms. The number of aromatic amines is 2. The Morgan fingerprint density at radius 1 is 0.383 bits per heavy atom. The highest BCUT2D eigenvalue weighted by Crippen LogP contribution is 2.64. The fourth-order valence-corrected chi connectivity index (χ4v) is 21.8. The van der Waals surface area contributed by atoms with Crippen molar-refractivity contribution in [1.29, 1.82) is 0 Å². The van der Waals surface area contributed by atoms with Gasteiger partial charge in [-0.3, -0.25) is 42.4 Å². The van der Waals surface area contributed by atoms with Crippen LogP contribution in [0.3, 0.4) is 0 Å². The van der Waals surface area contributed by atoms with Gasteiger partial charge in [-0.05, 0) is 117 Å². The number of nitrogens with zero attached hydrogens (tertiary/aromatic N) is 8. The summed E-state index contributed by atoms with van der Waals surface area (Å²) in [5, 5.41) is 50.0. The summed E-state index contributed by atoms with van der Waals surface area (Å²) in [4.78, 5) is 99.7. The zero-order valence-electron chi connectivity index (χ0n) is 67.5. The summed E-state index contributed by atoms with van der Waals surface area (Å²) in [5.41, 5.74) is 1.84. The summed E-state index contributed by atoms with van der Waals surface area (Å²) in [5.74, 6) is -2.11. The molecule has 14 heterocycles. The predicted molar refractivity (Wildman–Crippen MR) is 430 cm³/mol. The smallest absolute Gasteiger partial charge is 0.351 e. The van der Waals surface area contributed by atoms with Crippen LogP contribution in [0, 0.1) is 0 Å². The Kier molecular flexibility index (Phi) is 25.0. The first-order valence-electron chi connectivity index (χ1n) is 40.4. The number of aromatic nitrogens is 10. The molecule has 13 N–H and O–H groups in total. The lowest BCUT2D eigenvalue weighted by molar-refractivity contribution is -0.248. The number of ether oxygens (including phenoxy) is 13. The van der Waals surface area contributed by atoms with Crippen molar-refractivity contribution < 1.29 is 87.1 Å². The molecule has 13 aliphatic rings. The van der Waals surface area contributed by atoms with Gasteiger partial charge in [0.2, 0.25) is 0 Å². The number of hydrogen-bond donors (Lipinski definition) is 10. The maximum Gasteiger partial charge on any atom is 0.351 e. The predicted octanol–water partition coefficient (Wildman–Crippen LogP) is 3.77. The number of anilines is 3. The number of aliphatic hydroxyl groups excluding tert-OH is 4. The Balaban J connectivity index is 0.000000123. The second-order valence-corrected chi connectivity index (χ2v) is 35.8. The van der Waals surface area contributed by atoms with E-state index in [-0.39, 0.29) is 72.3 Å². The van der Waals surface area contributed by atoms with Gasteiger partial charge < -0.3 is 104 Å². The molecular formula is C77H106Cl5N13O25. The molecule has 0 aromatic carbocycles. The van der Waals surface area contributed by atoms with E-state index in [9.17, 15) is 59.1 Å². The molecule has 18 rings (SSSR count). The number of aliphatic hydroxyl groups is 5. The van der Waals surface area contributed by atoms with E-state index in [1.807, 2.05) is 34.6 Å². The molecular weight excluding hydrogens is 1680 g/mol. The van der Waals surface area contributed by atoms with E-state index >= 15 is 0 Å². The monoisotopic (exact) mass is 1790 g/mol. The lowest BCUT2D eigenvalue weighted by Crippen LogP contribution is -2.52. The highest BCUT2D eigenvalue weighted by atomic mass is 35.5. The number of halogens is 5. The van der Waals surface area contributed by atoms with Crippen LogP contribution in [-0.2, 0) is 61.6 Å². The summed E-state index contributed by atoms with van der Waals surface area (Å²) < 4.78 is 87.8. The molecule has 5 aromatic heterocycles. The van der Waals surface area contributed by atoms with Crippen molar-refractivity contribution in [1.82, 2.24) is 47.8 Å². The summed E-state index contributed by atoms with van der Waals surface area (Å²) in [6.45, 7) is 11.5. The van der Waals surface area contributed by atoms with Gasteiger partial charge in [0.1, 0.15) is 104 Å². The molecule has 13 fully saturated rings. The van der Waals surface area contributed by atoms with Gasteiger partial charge >= 0.3 is 28.4 Å². The van der Waals surface area contributed by atoms with Crippen LogP contribution >= 0.6 is 58.0 Å². The van der Waals surface area contributed by atoms with E-state index in [2.05, 4.69) is 24.9 Å². The average Bonchev–Trinajstić information content (AvgIpc) is 1.55. The maximum atomic E-state index is 12.4. The van der Waals surface area contributed by atoms with Crippen LogP contribution in [0.1, 0.15) is 195 Å². The summed E-state index contributed by atoms with van der Waals surface area (Å²) >= 11 is 30.7. The highest BCUT2D eigenvalue weighted by Gasteiger charge is 2.76. The second kappa shape index (κ2) is 33.2. The lowest BCUT2D eigenvalue weighted by atomic mass is 9.87. The zero-order valence-corrected chi connectivity index (χ0v) is 71.3. The first kappa shape index (κ1) is 90.4. The molecule has 0 unspecified atom stereocenters. The van der Waals surface area contributed by atoms with Gasteiger partial charge in [0.25, 0.3) is 11.1 Å². The number of fused-ring (bicyclic) bond motifs is 4. The van der Waals surface area contributed by atoms with Crippen molar-refractivity contribution in [2.24, 2.45) is 0 Å². The van der Waals surface area contributed by atoms with Gasteiger partial charge in [0, 0.05) is 94.5 Å². The summed E-state index contributed by atoms with van der Waals surface area (Å²) in [6.07, 6.45) is 15.3. The Morgan fingerprint density at radius 3 is 0.867 bits per heavy atom. The Morgan fingerprint density at radius 2 is 0.625 bits per heavy atom. The molecule has 9 saturated heterocycles. The van der Waals surface area contributed by atoms with Crippen LogP contribution in [-0.4, -0.2) is 232 Å². The Labute approximate surface area is 712 Å². The molecule has 0 radical (unpaired) electrons. The minimum absolute atomic E-state index is 0.0108. The lowest BCUT2D eigenvalue weighted by Gasteiger charge is -2.33. The summed E-state index contributed by atoms with van der Waals surface area (Å²) in [6, 6.07) is 6.99. The number of hydrogen-bond acceptors (Lipinski definition) is 31. The SMILES string of the molecule is CC[C@@]1(CCl)O[C@@H](n2ccc(=O)[nH]c2=O)[C@]2(C)OC3(CCCC3)O[C@H]12.CC[C@@]1(CCl)O[C@@H](n2ccc(N)nc2=O)[C@]2(C)OC3(CCCC3)O[C@H]12.C[C@@]1(O)[C@H](O)[C@](CO)(CCl)O[C@H]1n1ccc(N)nc1=O.C[C@@]12OC3(CCCC3)O[C@@H]1[C@](CO)(CCl)O[C@H]2n1ccc(=O)[nH]c1=O.C[C@@]12OC3(CCCC3)O[C@@H]1[C@](CO)(CCl)O[C@H]2n1ccc(N)nc1=O. The second-order valence-electron chi connectivity index (χ2n) is 34.4. The van der Waals surface area contributed by atoms with Crippen LogP contribution in [0.4, 0.5) is 17.5 Å². The van der Waals surface area contributed by atoms with Crippen molar-refractivity contribution in [2.45, 2.75) is 305 Å². The molecule has 5 aromatic rings. The largest absolute Gasteiger partial charge is 0.393 e. The molecule has 20 atom stereocenters. The van der Waals surface area contributed by atoms with Crippen LogP contribution in [0.5, 0.6) is 0 Å². The quantitative estimate of drug-likeness (QED) is 0.0667. The van der Waals surface area contributed by atoms with E-state index < -0.39 is 175 Å². The number of H-pyrrole nitrogens is 2. The number of alkyl halides is 5. The van der Waals surface area contributed by atoms with Gasteiger partial charge in [-0.2, -0.15) is 15.0 Å². The van der Waals surface area contributed by atoms with Crippen LogP contribution in [0.25, 0.3) is 0 Å². The molecule has 0 amide bonds. The third-order valence-corrected chi connectivity index (χ3v) is 28.6. The first-order chi connectivity index (χ1) is 56.8. The minimum atomic E-state index is -1.83. The third-order valence-electron chi connectivity index (χ3n) is 26.3. The standard InChI is InChI=1S/C17H24ClN3O4.C17H23ClN2O5.C16H22ClN3O5.C16H21ClN2O6.C11H16ClN3O5/c1-3-16(10-18)12-15(2,25-17(23-12)7-4-5-8-17)13(24-16)21-9-6-11(19)20-14(21)22;1-3-16(10-18)12-15(2,25-17(23-12)7-4-5-8-17)13(24-16)20-9-6-11(21)19-14(20)22;1-14-11(23-16(25-14)5-2-3-6-16)15(8-17,9-21)24-12(14)20-7-4-10(18)19-13(20)22;1-14-11(23-16(25-14)5-2-3-6-16)15(8-17,9-20)24-12(14)19-7-4-10(21)18-13(19)22;1-10(19)7(17)11(4-12,5-16)20-8(10)15-3-2-6(13)14-9(15)18/h6,9,12-13H,3-5,7-8,10H2,1-2H3,(H2,19,20,22);6,9,12-13H,3-5,7-8,10H2,1-2H3,(H,19,21,22);4,7,11-12,21H,2-3,5-6,8-9H2,1H3,(H2,18,19,22);4,7,11-12,20H,2-3,5-6,8-9H2,1H3,(H,18,21,22);2-3,7-8,16-17,19H,4-5H2,1H3,(H2,13,14,18)/t2*12-,13+,15+,16-;2*11-,12+,14+,15+;7-,8+,10+,11+/m00000/s1. The van der Waals surface area contributed by atoms with Crippen molar-refractivity contribution in [2.75, 3.05) is 66.4 Å². The molecule has 43 heteroatoms. The molecule has 4 saturated carbocycles. The topological polar surface area (TPSA) is 514 Å². The number of nitrogens with one attached hydrogen (secondary N) is 2.